The van der Waals surface area contributed by atoms with Gasteiger partial charge in [-0.1, -0.05) is 18.2 Å². The van der Waals surface area contributed by atoms with E-state index in [0.29, 0.717) is 12.0 Å². The molecule has 70 valence electrons. The van der Waals surface area contributed by atoms with E-state index in [1.807, 2.05) is 19.2 Å². The third-order valence-corrected chi connectivity index (χ3v) is 2.89. The van der Waals surface area contributed by atoms with Gasteiger partial charge in [-0.05, 0) is 37.4 Å². The van der Waals surface area contributed by atoms with Crippen molar-refractivity contribution >= 4 is 0 Å². The molecule has 2 heteroatoms. The van der Waals surface area contributed by atoms with Gasteiger partial charge in [0.2, 0.25) is 0 Å². The Hall–Kier alpha value is -0.890. The van der Waals surface area contributed by atoms with Crippen molar-refractivity contribution in [3.05, 3.63) is 35.6 Å². The summed E-state index contributed by atoms with van der Waals surface area (Å²) in [6.07, 6.45) is 2.13. The molecular formula is C11H14FN. The van der Waals surface area contributed by atoms with Crippen molar-refractivity contribution < 1.29 is 4.39 Å². The van der Waals surface area contributed by atoms with E-state index in [9.17, 15) is 4.39 Å². The highest BCUT2D eigenvalue weighted by Crippen LogP contribution is 2.37. The van der Waals surface area contributed by atoms with E-state index >= 15 is 0 Å². The van der Waals surface area contributed by atoms with Gasteiger partial charge in [0.15, 0.2) is 0 Å². The van der Waals surface area contributed by atoms with E-state index in [1.54, 1.807) is 12.1 Å². The van der Waals surface area contributed by atoms with Crippen LogP contribution in [0.15, 0.2) is 24.3 Å². The minimum Gasteiger partial charge on any atom is -0.317 e. The normalized spacial score (nSPS) is 26.9. The standard InChI is InChI=1S/C11H14FN/c1-13-9-6-8(7-9)10-4-2-3-5-11(10)12/h2-5,8-9,13H,6-7H2,1H3. The average Bonchev–Trinajstić information content (AvgIpc) is 2.06. The maximum Gasteiger partial charge on any atom is 0.126 e. The van der Waals surface area contributed by atoms with E-state index in [1.165, 1.54) is 0 Å². The van der Waals surface area contributed by atoms with E-state index in [4.69, 9.17) is 0 Å². The summed E-state index contributed by atoms with van der Waals surface area (Å²) in [6, 6.07) is 7.68. The first-order valence-corrected chi connectivity index (χ1v) is 4.73. The molecule has 13 heavy (non-hydrogen) atoms. The summed E-state index contributed by atoms with van der Waals surface area (Å²) in [4.78, 5) is 0. The maximum absolute atomic E-state index is 13.3. The fraction of sp³-hybridized carbons (Fsp3) is 0.455. The molecule has 1 aromatic rings. The molecule has 0 spiro atoms. The van der Waals surface area contributed by atoms with Crippen LogP contribution in [-0.4, -0.2) is 13.1 Å². The smallest absolute Gasteiger partial charge is 0.126 e. The molecule has 1 aromatic carbocycles. The Morgan fingerprint density at radius 2 is 2.00 bits per heavy atom. The van der Waals surface area contributed by atoms with Crippen molar-refractivity contribution in [2.75, 3.05) is 7.05 Å². The summed E-state index contributed by atoms with van der Waals surface area (Å²) in [7, 11) is 1.96. The third-order valence-electron chi connectivity index (χ3n) is 2.89. The van der Waals surface area contributed by atoms with Crippen LogP contribution >= 0.6 is 0 Å². The number of halogens is 1. The van der Waals surface area contributed by atoms with Crippen LogP contribution in [0, 0.1) is 5.82 Å². The summed E-state index contributed by atoms with van der Waals surface area (Å²) in [5, 5.41) is 3.20. The van der Waals surface area contributed by atoms with Crippen molar-refractivity contribution in [3.8, 4) is 0 Å². The largest absolute Gasteiger partial charge is 0.317 e. The summed E-state index contributed by atoms with van der Waals surface area (Å²) in [5.41, 5.74) is 0.883. The lowest BCUT2D eigenvalue weighted by molar-refractivity contribution is 0.301. The highest BCUT2D eigenvalue weighted by molar-refractivity contribution is 5.24. The molecule has 2 rings (SSSR count). The van der Waals surface area contributed by atoms with Crippen LogP contribution in [-0.2, 0) is 0 Å². The fourth-order valence-electron chi connectivity index (χ4n) is 1.91. The topological polar surface area (TPSA) is 12.0 Å². The molecule has 0 aromatic heterocycles. The summed E-state index contributed by atoms with van der Waals surface area (Å²) >= 11 is 0. The van der Waals surface area contributed by atoms with Crippen molar-refractivity contribution in [1.29, 1.82) is 0 Å². The Morgan fingerprint density at radius 1 is 1.31 bits per heavy atom. The zero-order valence-corrected chi connectivity index (χ0v) is 7.76. The average molecular weight is 179 g/mol. The van der Waals surface area contributed by atoms with Gasteiger partial charge in [-0.3, -0.25) is 0 Å². The molecule has 1 aliphatic rings. The Labute approximate surface area is 78.0 Å². The quantitative estimate of drug-likeness (QED) is 0.734. The number of benzene rings is 1. The van der Waals surface area contributed by atoms with Gasteiger partial charge in [0.1, 0.15) is 5.82 Å². The minimum atomic E-state index is -0.0537. The summed E-state index contributed by atoms with van der Waals surface area (Å²) in [6.45, 7) is 0. The molecule has 1 N–H and O–H groups in total. The van der Waals surface area contributed by atoms with Gasteiger partial charge in [-0.25, -0.2) is 4.39 Å². The molecule has 0 saturated heterocycles. The molecule has 0 heterocycles. The van der Waals surface area contributed by atoms with Crippen LogP contribution in [0.3, 0.4) is 0 Å². The van der Waals surface area contributed by atoms with Crippen molar-refractivity contribution in [2.24, 2.45) is 0 Å². The summed E-state index contributed by atoms with van der Waals surface area (Å²) < 4.78 is 13.3. The van der Waals surface area contributed by atoms with Crippen LogP contribution in [0.25, 0.3) is 0 Å². The molecule has 0 amide bonds. The highest BCUT2D eigenvalue weighted by atomic mass is 19.1. The first kappa shape index (κ1) is 8.70. The molecule has 1 nitrogen and oxygen atoms in total. The monoisotopic (exact) mass is 179 g/mol. The lowest BCUT2D eigenvalue weighted by atomic mass is 9.76. The van der Waals surface area contributed by atoms with Crippen molar-refractivity contribution in [2.45, 2.75) is 24.8 Å². The van der Waals surface area contributed by atoms with Crippen molar-refractivity contribution in [1.82, 2.24) is 5.32 Å². The highest BCUT2D eigenvalue weighted by Gasteiger charge is 2.30. The van der Waals surface area contributed by atoms with Gasteiger partial charge >= 0.3 is 0 Å². The second-order valence-electron chi connectivity index (χ2n) is 3.68. The number of hydrogen-bond acceptors (Lipinski definition) is 1. The second kappa shape index (κ2) is 3.46. The van der Waals surface area contributed by atoms with Gasteiger partial charge < -0.3 is 5.32 Å². The molecule has 0 aliphatic heterocycles. The Balaban J connectivity index is 2.07. The second-order valence-corrected chi connectivity index (χ2v) is 3.68. The Kier molecular flexibility index (Phi) is 2.32. The number of nitrogens with one attached hydrogen (secondary N) is 1. The zero-order valence-electron chi connectivity index (χ0n) is 7.76. The lowest BCUT2D eigenvalue weighted by Crippen LogP contribution is -2.37. The zero-order chi connectivity index (χ0) is 9.26. The fourth-order valence-corrected chi connectivity index (χ4v) is 1.91. The van der Waals surface area contributed by atoms with Crippen LogP contribution < -0.4 is 5.32 Å². The van der Waals surface area contributed by atoms with E-state index in [0.717, 1.165) is 18.4 Å². The molecule has 0 unspecified atom stereocenters. The van der Waals surface area contributed by atoms with Gasteiger partial charge in [0.25, 0.3) is 0 Å². The van der Waals surface area contributed by atoms with Crippen LogP contribution in [0.4, 0.5) is 4.39 Å². The minimum absolute atomic E-state index is 0.0537. The molecule has 0 atom stereocenters. The van der Waals surface area contributed by atoms with E-state index in [-0.39, 0.29) is 5.82 Å². The molecular weight excluding hydrogens is 165 g/mol. The molecule has 0 bridgehead atoms. The lowest BCUT2D eigenvalue weighted by Gasteiger charge is -2.35. The summed E-state index contributed by atoms with van der Waals surface area (Å²) in [5.74, 6) is 0.376. The molecule has 1 fully saturated rings. The van der Waals surface area contributed by atoms with Crippen LogP contribution in [0.2, 0.25) is 0 Å². The first-order chi connectivity index (χ1) is 6.31. The first-order valence-electron chi connectivity index (χ1n) is 4.73. The van der Waals surface area contributed by atoms with Gasteiger partial charge in [0.05, 0.1) is 0 Å². The van der Waals surface area contributed by atoms with E-state index < -0.39 is 0 Å². The van der Waals surface area contributed by atoms with Crippen LogP contribution in [0.5, 0.6) is 0 Å². The predicted octanol–water partition coefficient (Wildman–Crippen LogP) is 2.29. The Bertz CT molecular complexity index is 292. The van der Waals surface area contributed by atoms with Gasteiger partial charge in [0, 0.05) is 6.04 Å². The maximum atomic E-state index is 13.3. The van der Waals surface area contributed by atoms with Gasteiger partial charge in [-0.2, -0.15) is 0 Å². The molecule has 1 aliphatic carbocycles. The van der Waals surface area contributed by atoms with Crippen molar-refractivity contribution in [3.63, 3.8) is 0 Å². The number of rotatable bonds is 2. The van der Waals surface area contributed by atoms with Crippen LogP contribution in [0.1, 0.15) is 24.3 Å². The SMILES string of the molecule is CNC1CC(c2ccccc2F)C1. The van der Waals surface area contributed by atoms with Gasteiger partial charge in [-0.15, -0.1) is 0 Å². The number of hydrogen-bond donors (Lipinski definition) is 1. The predicted molar refractivity (Wildman–Crippen MR) is 51.2 cm³/mol. The molecule has 1 saturated carbocycles. The van der Waals surface area contributed by atoms with E-state index in [2.05, 4.69) is 5.32 Å². The third kappa shape index (κ3) is 1.59. The molecule has 0 radical (unpaired) electrons. The Morgan fingerprint density at radius 3 is 2.62 bits per heavy atom.